The number of rotatable bonds is 5. The van der Waals surface area contributed by atoms with Crippen molar-refractivity contribution in [2.24, 2.45) is 20.0 Å². The third-order valence-corrected chi connectivity index (χ3v) is 5.41. The van der Waals surface area contributed by atoms with E-state index in [0.717, 1.165) is 29.5 Å². The Hall–Kier alpha value is -2.90. The van der Waals surface area contributed by atoms with Crippen LogP contribution in [-0.4, -0.2) is 44.6 Å². The summed E-state index contributed by atoms with van der Waals surface area (Å²) in [5, 5.41) is 0. The van der Waals surface area contributed by atoms with E-state index in [4.69, 9.17) is 0 Å². The molecule has 1 amide bonds. The molecule has 150 valence electrons. The summed E-state index contributed by atoms with van der Waals surface area (Å²) in [6.07, 6.45) is 5.10. The van der Waals surface area contributed by atoms with Crippen molar-refractivity contribution in [2.45, 2.75) is 26.3 Å². The average Bonchev–Trinajstić information content (AvgIpc) is 2.73. The molecule has 1 fully saturated rings. The molecule has 28 heavy (non-hydrogen) atoms. The fraction of sp³-hybridized carbons (Fsp3) is 0.500. The fourth-order valence-corrected chi connectivity index (χ4v) is 3.72. The lowest BCUT2D eigenvalue weighted by molar-refractivity contribution is -0.136. The molecule has 0 N–H and O–H groups in total. The van der Waals surface area contributed by atoms with E-state index in [1.54, 1.807) is 19.4 Å². The van der Waals surface area contributed by atoms with Crippen LogP contribution < -0.4 is 16.1 Å². The Kier molecular flexibility index (Phi) is 5.96. The van der Waals surface area contributed by atoms with Gasteiger partial charge >= 0.3 is 5.69 Å². The van der Waals surface area contributed by atoms with Crippen molar-refractivity contribution in [2.75, 3.05) is 24.5 Å². The second-order valence-corrected chi connectivity index (χ2v) is 7.23. The molecule has 1 unspecified atom stereocenters. The first-order valence-corrected chi connectivity index (χ1v) is 9.62. The SMILES string of the molecule is CCN(Cc1ccncc1)C(=O)C1CCCN(c2cc(=O)n(C)c(=O)n2C)C1. The van der Waals surface area contributed by atoms with Crippen molar-refractivity contribution in [3.05, 3.63) is 57.0 Å². The van der Waals surface area contributed by atoms with Crippen LogP contribution in [0.4, 0.5) is 5.82 Å². The smallest absolute Gasteiger partial charge is 0.332 e. The molecule has 3 heterocycles. The van der Waals surface area contributed by atoms with Crippen molar-refractivity contribution < 1.29 is 4.79 Å². The van der Waals surface area contributed by atoms with E-state index in [9.17, 15) is 14.4 Å². The molecule has 0 radical (unpaired) electrons. The molecular formula is C20H27N5O3. The van der Waals surface area contributed by atoms with Gasteiger partial charge < -0.3 is 9.80 Å². The van der Waals surface area contributed by atoms with E-state index in [1.165, 1.54) is 17.7 Å². The summed E-state index contributed by atoms with van der Waals surface area (Å²) in [5.74, 6) is 0.523. The molecule has 8 nitrogen and oxygen atoms in total. The number of amides is 1. The maximum atomic E-state index is 13.1. The zero-order chi connectivity index (χ0) is 20.3. The van der Waals surface area contributed by atoms with E-state index in [2.05, 4.69) is 4.98 Å². The highest BCUT2D eigenvalue weighted by Crippen LogP contribution is 2.23. The summed E-state index contributed by atoms with van der Waals surface area (Å²) in [6, 6.07) is 5.31. The van der Waals surface area contributed by atoms with Crippen LogP contribution in [0.3, 0.4) is 0 Å². The fourth-order valence-electron chi connectivity index (χ4n) is 3.72. The molecule has 2 aromatic heterocycles. The summed E-state index contributed by atoms with van der Waals surface area (Å²) < 4.78 is 2.56. The number of hydrogen-bond donors (Lipinski definition) is 0. The molecule has 1 saturated heterocycles. The summed E-state index contributed by atoms with van der Waals surface area (Å²) >= 11 is 0. The van der Waals surface area contributed by atoms with Crippen molar-refractivity contribution >= 4 is 11.7 Å². The van der Waals surface area contributed by atoms with Crippen LogP contribution in [0, 0.1) is 5.92 Å². The number of carbonyl (C=O) groups is 1. The van der Waals surface area contributed by atoms with Crippen molar-refractivity contribution in [1.29, 1.82) is 0 Å². The van der Waals surface area contributed by atoms with E-state index >= 15 is 0 Å². The van der Waals surface area contributed by atoms with Crippen molar-refractivity contribution in [1.82, 2.24) is 19.0 Å². The highest BCUT2D eigenvalue weighted by atomic mass is 16.2. The monoisotopic (exact) mass is 385 g/mol. The van der Waals surface area contributed by atoms with Crippen molar-refractivity contribution in [3.8, 4) is 0 Å². The second-order valence-electron chi connectivity index (χ2n) is 7.23. The minimum atomic E-state index is -0.358. The number of piperidine rings is 1. The lowest BCUT2D eigenvalue weighted by atomic mass is 9.96. The molecule has 1 atom stereocenters. The van der Waals surface area contributed by atoms with Gasteiger partial charge in [0.05, 0.1) is 5.92 Å². The quantitative estimate of drug-likeness (QED) is 0.759. The van der Waals surface area contributed by atoms with Gasteiger partial charge in [-0.15, -0.1) is 0 Å². The predicted octanol–water partition coefficient (Wildman–Crippen LogP) is 0.744. The molecule has 1 aliphatic rings. The molecule has 3 rings (SSSR count). The Labute approximate surface area is 164 Å². The van der Waals surface area contributed by atoms with Crippen LogP contribution >= 0.6 is 0 Å². The Balaban J connectivity index is 1.78. The number of carbonyl (C=O) groups excluding carboxylic acids is 1. The first-order chi connectivity index (χ1) is 13.4. The molecule has 2 aromatic rings. The van der Waals surface area contributed by atoms with Gasteiger partial charge in [0.25, 0.3) is 5.56 Å². The molecule has 0 aliphatic carbocycles. The lowest BCUT2D eigenvalue weighted by Crippen LogP contribution is -2.47. The van der Waals surface area contributed by atoms with E-state index in [0.29, 0.717) is 25.5 Å². The van der Waals surface area contributed by atoms with Crippen LogP contribution in [0.1, 0.15) is 25.3 Å². The average molecular weight is 385 g/mol. The van der Waals surface area contributed by atoms with Gasteiger partial charge in [0.2, 0.25) is 5.91 Å². The largest absolute Gasteiger partial charge is 0.357 e. The Morgan fingerprint density at radius 2 is 1.93 bits per heavy atom. The van der Waals surface area contributed by atoms with Gasteiger partial charge in [-0.3, -0.25) is 23.7 Å². The number of nitrogens with zero attached hydrogens (tertiary/aromatic N) is 5. The summed E-state index contributed by atoms with van der Waals surface area (Å²) in [4.78, 5) is 45.3. The summed E-state index contributed by atoms with van der Waals surface area (Å²) in [5.41, 5.74) is 0.357. The molecule has 0 saturated carbocycles. The number of hydrogen-bond acceptors (Lipinski definition) is 5. The normalized spacial score (nSPS) is 16.8. The van der Waals surface area contributed by atoms with Gasteiger partial charge in [0, 0.05) is 58.7 Å². The van der Waals surface area contributed by atoms with Crippen LogP contribution in [0.5, 0.6) is 0 Å². The Bertz CT molecular complexity index is 951. The van der Waals surface area contributed by atoms with Gasteiger partial charge in [-0.25, -0.2) is 4.79 Å². The number of aromatic nitrogens is 3. The molecule has 0 spiro atoms. The van der Waals surface area contributed by atoms with Crippen LogP contribution in [0.25, 0.3) is 0 Å². The zero-order valence-electron chi connectivity index (χ0n) is 16.7. The van der Waals surface area contributed by atoms with Gasteiger partial charge in [-0.2, -0.15) is 0 Å². The Morgan fingerprint density at radius 1 is 1.21 bits per heavy atom. The molecule has 1 aliphatic heterocycles. The summed E-state index contributed by atoms with van der Waals surface area (Å²) in [6.45, 7) is 4.39. The topological polar surface area (TPSA) is 80.4 Å². The minimum absolute atomic E-state index is 0.109. The zero-order valence-corrected chi connectivity index (χ0v) is 16.7. The highest BCUT2D eigenvalue weighted by Gasteiger charge is 2.30. The molecule has 0 bridgehead atoms. The maximum absolute atomic E-state index is 13.1. The van der Waals surface area contributed by atoms with Crippen LogP contribution in [0.2, 0.25) is 0 Å². The first-order valence-electron chi connectivity index (χ1n) is 9.62. The Morgan fingerprint density at radius 3 is 2.61 bits per heavy atom. The van der Waals surface area contributed by atoms with E-state index in [1.807, 2.05) is 28.9 Å². The van der Waals surface area contributed by atoms with E-state index in [-0.39, 0.29) is 23.1 Å². The van der Waals surface area contributed by atoms with Gasteiger partial charge in [0.1, 0.15) is 5.82 Å². The number of anilines is 1. The summed E-state index contributed by atoms with van der Waals surface area (Å²) in [7, 11) is 3.12. The third-order valence-electron chi connectivity index (χ3n) is 5.41. The van der Waals surface area contributed by atoms with Gasteiger partial charge in [0.15, 0.2) is 0 Å². The lowest BCUT2D eigenvalue weighted by Gasteiger charge is -2.36. The second kappa shape index (κ2) is 8.41. The number of pyridine rings is 1. The van der Waals surface area contributed by atoms with E-state index < -0.39 is 0 Å². The highest BCUT2D eigenvalue weighted by molar-refractivity contribution is 5.79. The predicted molar refractivity (Wildman–Crippen MR) is 107 cm³/mol. The standard InChI is InChI=1S/C20H27N5O3/c1-4-24(13-15-7-9-21-10-8-15)19(27)16-6-5-11-25(14-16)17-12-18(26)23(3)20(28)22(17)2/h7-10,12,16H,4-6,11,13-14H2,1-3H3. The van der Waals surface area contributed by atoms with Crippen LogP contribution in [0.15, 0.2) is 40.2 Å². The third kappa shape index (κ3) is 4.00. The molecule has 8 heteroatoms. The maximum Gasteiger partial charge on any atom is 0.332 e. The molecular weight excluding hydrogens is 358 g/mol. The molecule has 0 aromatic carbocycles. The minimum Gasteiger partial charge on any atom is -0.357 e. The van der Waals surface area contributed by atoms with Gasteiger partial charge in [-0.1, -0.05) is 0 Å². The van der Waals surface area contributed by atoms with Gasteiger partial charge in [-0.05, 0) is 37.5 Å². The van der Waals surface area contributed by atoms with Crippen molar-refractivity contribution in [3.63, 3.8) is 0 Å². The van der Waals surface area contributed by atoms with Crippen LogP contribution in [-0.2, 0) is 25.4 Å². The first kappa shape index (κ1) is 19.9.